The molecule has 0 spiro atoms. The summed E-state index contributed by atoms with van der Waals surface area (Å²) in [5.74, 6) is -0.218. The smallest absolute Gasteiger partial charge is 0.303 e. The monoisotopic (exact) mass is 270 g/mol. The van der Waals surface area contributed by atoms with Gasteiger partial charge < -0.3 is 15.3 Å². The highest BCUT2D eigenvalue weighted by Crippen LogP contribution is 2.21. The van der Waals surface area contributed by atoms with Crippen molar-refractivity contribution in [2.75, 3.05) is 19.6 Å². The van der Waals surface area contributed by atoms with Gasteiger partial charge in [-0.1, -0.05) is 0 Å². The van der Waals surface area contributed by atoms with Crippen LogP contribution in [-0.2, 0) is 9.59 Å². The molecule has 1 rings (SSSR count). The van der Waals surface area contributed by atoms with Gasteiger partial charge in [-0.25, -0.2) is 0 Å². The van der Waals surface area contributed by atoms with Gasteiger partial charge in [-0.2, -0.15) is 0 Å². The van der Waals surface area contributed by atoms with Crippen molar-refractivity contribution in [3.63, 3.8) is 0 Å². The van der Waals surface area contributed by atoms with Gasteiger partial charge in [0.05, 0.1) is 0 Å². The molecule has 110 valence electrons. The highest BCUT2D eigenvalue weighted by atomic mass is 16.4. The molecular formula is C14H26N2O3. The van der Waals surface area contributed by atoms with E-state index in [0.29, 0.717) is 25.3 Å². The summed E-state index contributed by atoms with van der Waals surface area (Å²) < 4.78 is 0. The molecule has 0 aromatic rings. The van der Waals surface area contributed by atoms with Crippen molar-refractivity contribution in [2.24, 2.45) is 5.92 Å². The fourth-order valence-electron chi connectivity index (χ4n) is 2.32. The molecule has 2 N–H and O–H groups in total. The summed E-state index contributed by atoms with van der Waals surface area (Å²) in [6.07, 6.45) is 2.34. The van der Waals surface area contributed by atoms with E-state index in [9.17, 15) is 9.59 Å². The van der Waals surface area contributed by atoms with E-state index >= 15 is 0 Å². The summed E-state index contributed by atoms with van der Waals surface area (Å²) >= 11 is 0. The van der Waals surface area contributed by atoms with E-state index in [0.717, 1.165) is 19.5 Å². The van der Waals surface area contributed by atoms with Crippen LogP contribution in [0.25, 0.3) is 0 Å². The van der Waals surface area contributed by atoms with E-state index in [2.05, 4.69) is 26.1 Å². The lowest BCUT2D eigenvalue weighted by molar-refractivity contribution is -0.137. The highest BCUT2D eigenvalue weighted by molar-refractivity contribution is 5.76. The van der Waals surface area contributed by atoms with Crippen LogP contribution in [0, 0.1) is 5.92 Å². The second-order valence-electron chi connectivity index (χ2n) is 6.35. The summed E-state index contributed by atoms with van der Waals surface area (Å²) in [5, 5.41) is 12.0. The third-order valence-corrected chi connectivity index (χ3v) is 3.40. The number of hydrogen-bond donors (Lipinski definition) is 2. The Labute approximate surface area is 115 Å². The van der Waals surface area contributed by atoms with Crippen LogP contribution in [0.1, 0.15) is 46.5 Å². The first kappa shape index (κ1) is 16.0. The van der Waals surface area contributed by atoms with E-state index in [4.69, 9.17) is 5.11 Å². The lowest BCUT2D eigenvalue weighted by Gasteiger charge is -2.22. The standard InChI is InChI=1S/C14H26N2O3/c1-14(2,3)15-8-6-12(17)16-9-7-11(10-16)4-5-13(18)19/h11,15H,4-10H2,1-3H3,(H,18,19). The summed E-state index contributed by atoms with van der Waals surface area (Å²) in [4.78, 5) is 24.4. The topological polar surface area (TPSA) is 69.6 Å². The fourth-order valence-corrected chi connectivity index (χ4v) is 2.32. The van der Waals surface area contributed by atoms with Crippen LogP contribution in [-0.4, -0.2) is 47.1 Å². The number of nitrogens with one attached hydrogen (secondary N) is 1. The number of nitrogens with zero attached hydrogens (tertiary/aromatic N) is 1. The first-order valence-electron chi connectivity index (χ1n) is 7.02. The van der Waals surface area contributed by atoms with Gasteiger partial charge in [0.2, 0.25) is 5.91 Å². The van der Waals surface area contributed by atoms with Crippen LogP contribution in [0.15, 0.2) is 0 Å². The maximum Gasteiger partial charge on any atom is 0.303 e. The van der Waals surface area contributed by atoms with E-state index in [1.807, 2.05) is 4.90 Å². The first-order chi connectivity index (χ1) is 8.78. The minimum absolute atomic E-state index is 0.0370. The number of aliphatic carboxylic acids is 1. The largest absolute Gasteiger partial charge is 0.481 e. The molecule has 1 aliphatic heterocycles. The average Bonchev–Trinajstić information content (AvgIpc) is 2.73. The van der Waals surface area contributed by atoms with Crippen molar-refractivity contribution >= 4 is 11.9 Å². The Hall–Kier alpha value is -1.10. The van der Waals surface area contributed by atoms with Gasteiger partial charge in [0.1, 0.15) is 0 Å². The average molecular weight is 270 g/mol. The molecule has 0 bridgehead atoms. The molecule has 1 unspecified atom stereocenters. The third kappa shape index (κ3) is 6.57. The van der Waals surface area contributed by atoms with Gasteiger partial charge in [-0.15, -0.1) is 0 Å². The molecule has 0 saturated carbocycles. The summed E-state index contributed by atoms with van der Waals surface area (Å²) in [5.41, 5.74) is 0.0370. The normalized spacial score (nSPS) is 19.7. The lowest BCUT2D eigenvalue weighted by Crippen LogP contribution is -2.39. The molecule has 0 aromatic carbocycles. The molecular weight excluding hydrogens is 244 g/mol. The predicted molar refractivity (Wildman–Crippen MR) is 73.9 cm³/mol. The molecule has 1 amide bonds. The van der Waals surface area contributed by atoms with E-state index in [1.165, 1.54) is 0 Å². The zero-order valence-electron chi connectivity index (χ0n) is 12.2. The third-order valence-electron chi connectivity index (χ3n) is 3.40. The fraction of sp³-hybridized carbons (Fsp3) is 0.857. The number of rotatable bonds is 6. The SMILES string of the molecule is CC(C)(C)NCCC(=O)N1CCC(CCC(=O)O)C1. The maximum absolute atomic E-state index is 12.0. The second kappa shape index (κ2) is 6.89. The van der Waals surface area contributed by atoms with Crippen molar-refractivity contribution in [1.29, 1.82) is 0 Å². The highest BCUT2D eigenvalue weighted by Gasteiger charge is 2.26. The number of amides is 1. The van der Waals surface area contributed by atoms with Gasteiger partial charge >= 0.3 is 5.97 Å². The van der Waals surface area contributed by atoms with Crippen LogP contribution in [0.4, 0.5) is 0 Å². The zero-order valence-corrected chi connectivity index (χ0v) is 12.2. The predicted octanol–water partition coefficient (Wildman–Crippen LogP) is 1.48. The summed E-state index contributed by atoms with van der Waals surface area (Å²) in [6, 6.07) is 0. The summed E-state index contributed by atoms with van der Waals surface area (Å²) in [7, 11) is 0. The first-order valence-corrected chi connectivity index (χ1v) is 7.02. The van der Waals surface area contributed by atoms with Gasteiger partial charge in [0, 0.05) is 38.0 Å². The van der Waals surface area contributed by atoms with Crippen molar-refractivity contribution in [1.82, 2.24) is 10.2 Å². The number of likely N-dealkylation sites (tertiary alicyclic amines) is 1. The maximum atomic E-state index is 12.0. The molecule has 1 fully saturated rings. The number of carbonyl (C=O) groups is 2. The summed E-state index contributed by atoms with van der Waals surface area (Å²) in [6.45, 7) is 8.43. The Morgan fingerprint density at radius 2 is 2.00 bits per heavy atom. The van der Waals surface area contributed by atoms with Crippen LogP contribution in [0.2, 0.25) is 0 Å². The molecule has 0 aliphatic carbocycles. The van der Waals surface area contributed by atoms with E-state index in [1.54, 1.807) is 0 Å². The lowest BCUT2D eigenvalue weighted by atomic mass is 10.0. The molecule has 5 nitrogen and oxygen atoms in total. The Morgan fingerprint density at radius 1 is 1.32 bits per heavy atom. The number of carboxylic acids is 1. The van der Waals surface area contributed by atoms with Crippen molar-refractivity contribution in [3.05, 3.63) is 0 Å². The van der Waals surface area contributed by atoms with Gasteiger partial charge in [-0.3, -0.25) is 9.59 Å². The molecule has 1 heterocycles. The second-order valence-corrected chi connectivity index (χ2v) is 6.35. The van der Waals surface area contributed by atoms with Gasteiger partial charge in [-0.05, 0) is 39.5 Å². The Bertz CT molecular complexity index is 323. The number of hydrogen-bond acceptors (Lipinski definition) is 3. The Kier molecular flexibility index (Phi) is 5.79. The zero-order chi connectivity index (χ0) is 14.5. The number of carboxylic acid groups (broad SMARTS) is 1. The molecule has 0 aromatic heterocycles. The van der Waals surface area contributed by atoms with Gasteiger partial charge in [0.25, 0.3) is 0 Å². The van der Waals surface area contributed by atoms with Gasteiger partial charge in [0.15, 0.2) is 0 Å². The van der Waals surface area contributed by atoms with Crippen molar-refractivity contribution < 1.29 is 14.7 Å². The molecule has 1 atom stereocenters. The molecule has 1 saturated heterocycles. The molecule has 19 heavy (non-hydrogen) atoms. The minimum Gasteiger partial charge on any atom is -0.481 e. The Morgan fingerprint density at radius 3 is 2.58 bits per heavy atom. The van der Waals surface area contributed by atoms with Crippen LogP contribution >= 0.6 is 0 Å². The molecule has 1 aliphatic rings. The molecule has 5 heteroatoms. The van der Waals surface area contributed by atoms with Crippen molar-refractivity contribution in [3.8, 4) is 0 Å². The quantitative estimate of drug-likeness (QED) is 0.767. The Balaban J connectivity index is 2.22. The number of carbonyl (C=O) groups excluding carboxylic acids is 1. The van der Waals surface area contributed by atoms with Crippen molar-refractivity contribution in [2.45, 2.75) is 52.0 Å². The van der Waals surface area contributed by atoms with E-state index in [-0.39, 0.29) is 17.9 Å². The molecule has 0 radical (unpaired) electrons. The van der Waals surface area contributed by atoms with E-state index < -0.39 is 5.97 Å². The van der Waals surface area contributed by atoms with Crippen LogP contribution in [0.3, 0.4) is 0 Å². The minimum atomic E-state index is -0.751. The van der Waals surface area contributed by atoms with Crippen LogP contribution in [0.5, 0.6) is 0 Å². The van der Waals surface area contributed by atoms with Crippen LogP contribution < -0.4 is 5.32 Å².